The van der Waals surface area contributed by atoms with Crippen LogP contribution in [0.2, 0.25) is 0 Å². The van der Waals surface area contributed by atoms with Gasteiger partial charge in [-0.3, -0.25) is 0 Å². The fourth-order valence-corrected chi connectivity index (χ4v) is 9.15. The average molecular weight is 429 g/mol. The van der Waals surface area contributed by atoms with E-state index in [9.17, 15) is 0 Å². The molecule has 0 heterocycles. The minimum Gasteiger partial charge on any atom is -0.375 e. The van der Waals surface area contributed by atoms with Crippen LogP contribution in [0.15, 0.2) is 11.6 Å². The van der Waals surface area contributed by atoms with Crippen LogP contribution in [0.5, 0.6) is 0 Å². The molecule has 3 saturated carbocycles. The maximum absolute atomic E-state index is 6.25. The van der Waals surface area contributed by atoms with E-state index in [-0.39, 0.29) is 0 Å². The van der Waals surface area contributed by atoms with Gasteiger partial charge in [-0.15, -0.1) is 0 Å². The lowest BCUT2D eigenvalue weighted by molar-refractivity contribution is -0.0707. The first-order chi connectivity index (χ1) is 14.6. The van der Waals surface area contributed by atoms with Gasteiger partial charge in [-0.2, -0.15) is 0 Å². The van der Waals surface area contributed by atoms with Crippen LogP contribution in [0.4, 0.5) is 0 Å². The number of rotatable bonds is 7. The summed E-state index contributed by atoms with van der Waals surface area (Å²) in [6.07, 6.45) is 19.0. The zero-order valence-electron chi connectivity index (χ0n) is 21.9. The summed E-state index contributed by atoms with van der Waals surface area (Å²) in [6, 6.07) is 0. The Morgan fingerprint density at radius 2 is 1.71 bits per heavy atom. The Balaban J connectivity index is 1.46. The van der Waals surface area contributed by atoms with Gasteiger partial charge in [-0.1, -0.05) is 65.5 Å². The van der Waals surface area contributed by atoms with Crippen molar-refractivity contribution in [1.82, 2.24) is 0 Å². The van der Waals surface area contributed by atoms with Crippen LogP contribution in [0, 0.1) is 46.3 Å². The van der Waals surface area contributed by atoms with E-state index in [0.717, 1.165) is 35.5 Å². The second kappa shape index (κ2) is 9.15. The molecule has 0 N–H and O–H groups in total. The molecule has 1 heteroatoms. The molecule has 3 fully saturated rings. The van der Waals surface area contributed by atoms with Crippen molar-refractivity contribution < 1.29 is 4.74 Å². The summed E-state index contributed by atoms with van der Waals surface area (Å²) in [5.74, 6) is 5.60. The largest absolute Gasteiger partial charge is 0.375 e. The average Bonchev–Trinajstić information content (AvgIpc) is 3.05. The van der Waals surface area contributed by atoms with Gasteiger partial charge in [-0.05, 0) is 112 Å². The highest BCUT2D eigenvalue weighted by Crippen LogP contribution is 2.67. The molecule has 0 saturated heterocycles. The Morgan fingerprint density at radius 1 is 0.935 bits per heavy atom. The SMILES string of the molecule is CC(C)CCC[C@@H](C)[C@H]1CC[C@H]2[C@@H]3CC=C4C[C@H](OC(C)C)CC[C@]4(C)[C@H]3CC[C@]12C. The molecule has 4 aliphatic carbocycles. The van der Waals surface area contributed by atoms with Crippen LogP contribution in [0.25, 0.3) is 0 Å². The van der Waals surface area contributed by atoms with E-state index >= 15 is 0 Å². The van der Waals surface area contributed by atoms with Crippen molar-refractivity contribution in [2.75, 3.05) is 0 Å². The van der Waals surface area contributed by atoms with E-state index in [2.05, 4.69) is 54.5 Å². The van der Waals surface area contributed by atoms with Gasteiger partial charge in [0.05, 0.1) is 12.2 Å². The van der Waals surface area contributed by atoms with E-state index in [1.165, 1.54) is 70.6 Å². The van der Waals surface area contributed by atoms with Crippen molar-refractivity contribution in [3.05, 3.63) is 11.6 Å². The molecule has 4 aliphatic rings. The predicted molar refractivity (Wildman–Crippen MR) is 133 cm³/mol. The summed E-state index contributed by atoms with van der Waals surface area (Å²) >= 11 is 0. The van der Waals surface area contributed by atoms with Gasteiger partial charge in [0.2, 0.25) is 0 Å². The van der Waals surface area contributed by atoms with Crippen molar-refractivity contribution in [3.8, 4) is 0 Å². The third-order valence-electron chi connectivity index (χ3n) is 10.7. The summed E-state index contributed by atoms with van der Waals surface area (Å²) in [4.78, 5) is 0. The van der Waals surface area contributed by atoms with E-state index < -0.39 is 0 Å². The molecule has 31 heavy (non-hydrogen) atoms. The van der Waals surface area contributed by atoms with Crippen LogP contribution in [0.3, 0.4) is 0 Å². The molecule has 0 spiro atoms. The zero-order chi connectivity index (χ0) is 22.4. The van der Waals surface area contributed by atoms with Gasteiger partial charge in [-0.25, -0.2) is 0 Å². The molecule has 0 unspecified atom stereocenters. The van der Waals surface area contributed by atoms with Crippen LogP contribution >= 0.6 is 0 Å². The third-order valence-corrected chi connectivity index (χ3v) is 10.7. The minimum atomic E-state index is 0.361. The molecule has 0 radical (unpaired) electrons. The Kier molecular flexibility index (Phi) is 7.04. The molecule has 0 aromatic carbocycles. The molecular formula is C30H52O. The predicted octanol–water partition coefficient (Wildman–Crippen LogP) is 8.82. The van der Waals surface area contributed by atoms with Gasteiger partial charge in [0, 0.05) is 0 Å². The molecule has 178 valence electrons. The fourth-order valence-electron chi connectivity index (χ4n) is 9.15. The molecule has 0 bridgehead atoms. The van der Waals surface area contributed by atoms with Crippen molar-refractivity contribution in [2.45, 2.75) is 131 Å². The topological polar surface area (TPSA) is 9.23 Å². The second-order valence-corrected chi connectivity index (χ2v) is 13.3. The summed E-state index contributed by atoms with van der Waals surface area (Å²) in [5.41, 5.74) is 2.84. The standard InChI is InChI=1S/C30H52O/c1-20(2)9-8-10-22(5)26-13-14-27-25-12-11-23-19-24(31-21(3)4)15-17-29(23,6)28(25)16-18-30(26,27)7/h11,20-22,24-28H,8-10,12-19H2,1-7H3/t22-,24-,25+,26-,27+,28+,29+,30-/m1/s1. The summed E-state index contributed by atoms with van der Waals surface area (Å²) < 4.78 is 6.25. The minimum absolute atomic E-state index is 0.361. The first-order valence-electron chi connectivity index (χ1n) is 14.0. The fraction of sp³-hybridized carbons (Fsp3) is 0.933. The van der Waals surface area contributed by atoms with Gasteiger partial charge >= 0.3 is 0 Å². The molecule has 0 aromatic heterocycles. The normalized spacial score (nSPS) is 43.4. The highest BCUT2D eigenvalue weighted by Gasteiger charge is 2.59. The quantitative estimate of drug-likeness (QED) is 0.368. The van der Waals surface area contributed by atoms with Crippen molar-refractivity contribution in [2.24, 2.45) is 46.3 Å². The highest BCUT2D eigenvalue weighted by molar-refractivity contribution is 5.25. The molecule has 0 aliphatic heterocycles. The first-order valence-corrected chi connectivity index (χ1v) is 14.0. The maximum atomic E-state index is 6.25. The van der Waals surface area contributed by atoms with Crippen molar-refractivity contribution in [3.63, 3.8) is 0 Å². The lowest BCUT2D eigenvalue weighted by Gasteiger charge is -2.58. The number of hydrogen-bond donors (Lipinski definition) is 0. The smallest absolute Gasteiger partial charge is 0.0616 e. The lowest BCUT2D eigenvalue weighted by Crippen LogP contribution is -2.51. The van der Waals surface area contributed by atoms with E-state index in [4.69, 9.17) is 4.74 Å². The molecule has 1 nitrogen and oxygen atoms in total. The summed E-state index contributed by atoms with van der Waals surface area (Å²) in [6.45, 7) is 17.1. The van der Waals surface area contributed by atoms with Crippen molar-refractivity contribution >= 4 is 0 Å². The molecular weight excluding hydrogens is 376 g/mol. The van der Waals surface area contributed by atoms with Gasteiger partial charge in [0.15, 0.2) is 0 Å². The summed E-state index contributed by atoms with van der Waals surface area (Å²) in [5, 5.41) is 0. The van der Waals surface area contributed by atoms with Crippen LogP contribution in [-0.4, -0.2) is 12.2 Å². The van der Waals surface area contributed by atoms with E-state index in [1.807, 2.05) is 0 Å². The number of hydrogen-bond acceptors (Lipinski definition) is 1. The number of allylic oxidation sites excluding steroid dienone is 1. The molecule has 8 atom stereocenters. The number of ether oxygens (including phenoxy) is 1. The van der Waals surface area contributed by atoms with Crippen LogP contribution in [-0.2, 0) is 4.74 Å². The molecule has 4 rings (SSSR count). The lowest BCUT2D eigenvalue weighted by atomic mass is 9.47. The third kappa shape index (κ3) is 4.43. The zero-order valence-corrected chi connectivity index (χ0v) is 21.9. The van der Waals surface area contributed by atoms with Crippen molar-refractivity contribution in [1.29, 1.82) is 0 Å². The Morgan fingerprint density at radius 3 is 2.42 bits per heavy atom. The Labute approximate surface area is 194 Å². The summed E-state index contributed by atoms with van der Waals surface area (Å²) in [7, 11) is 0. The maximum Gasteiger partial charge on any atom is 0.0616 e. The van der Waals surface area contributed by atoms with Gasteiger partial charge in [0.25, 0.3) is 0 Å². The van der Waals surface area contributed by atoms with E-state index in [0.29, 0.717) is 23.0 Å². The Bertz CT molecular complexity index is 647. The second-order valence-electron chi connectivity index (χ2n) is 13.3. The first kappa shape index (κ1) is 23.8. The van der Waals surface area contributed by atoms with Gasteiger partial charge in [0.1, 0.15) is 0 Å². The monoisotopic (exact) mass is 428 g/mol. The van der Waals surface area contributed by atoms with Gasteiger partial charge < -0.3 is 4.74 Å². The number of fused-ring (bicyclic) bond motifs is 5. The highest BCUT2D eigenvalue weighted by atomic mass is 16.5. The van der Waals surface area contributed by atoms with Crippen LogP contribution in [0.1, 0.15) is 119 Å². The van der Waals surface area contributed by atoms with E-state index in [1.54, 1.807) is 5.57 Å². The Hall–Kier alpha value is -0.300. The molecule has 0 aromatic rings. The molecule has 0 amide bonds. The van der Waals surface area contributed by atoms with Crippen LogP contribution < -0.4 is 0 Å².